The second-order valence-electron chi connectivity index (χ2n) is 4.85. The van der Waals surface area contributed by atoms with Crippen molar-refractivity contribution in [2.24, 2.45) is 5.92 Å². The number of benzene rings is 1. The molecule has 1 unspecified atom stereocenters. The summed E-state index contributed by atoms with van der Waals surface area (Å²) in [5.74, 6) is -1.88. The Kier molecular flexibility index (Phi) is 5.70. The van der Waals surface area contributed by atoms with E-state index in [2.05, 4.69) is 4.72 Å². The van der Waals surface area contributed by atoms with Crippen molar-refractivity contribution in [3.8, 4) is 5.75 Å². The zero-order valence-corrected chi connectivity index (χ0v) is 12.9. The lowest BCUT2D eigenvalue weighted by Crippen LogP contribution is -2.30. The molecule has 0 heterocycles. The standard InChI is InChI=1S/C13H19NO6S/c1-8(7-20-3)6-14-21(18,19)12-5-10(13(16)17)11(15)4-9(12)2/h4-5,8,14-15H,6-7H2,1-3H3,(H,16,17). The Morgan fingerprint density at radius 3 is 2.57 bits per heavy atom. The average molecular weight is 317 g/mol. The van der Waals surface area contributed by atoms with Gasteiger partial charge in [0.2, 0.25) is 10.0 Å². The van der Waals surface area contributed by atoms with E-state index in [1.54, 1.807) is 0 Å². The molecule has 1 aromatic rings. The van der Waals surface area contributed by atoms with Crippen molar-refractivity contribution in [3.63, 3.8) is 0 Å². The smallest absolute Gasteiger partial charge is 0.339 e. The Bertz CT molecular complexity index is 626. The molecule has 1 atom stereocenters. The summed E-state index contributed by atoms with van der Waals surface area (Å²) in [6.07, 6.45) is 0. The highest BCUT2D eigenvalue weighted by Gasteiger charge is 2.22. The lowest BCUT2D eigenvalue weighted by atomic mass is 10.1. The van der Waals surface area contributed by atoms with Crippen LogP contribution in [0.5, 0.6) is 5.75 Å². The van der Waals surface area contributed by atoms with Crippen LogP contribution in [0.1, 0.15) is 22.8 Å². The van der Waals surface area contributed by atoms with Gasteiger partial charge in [-0.3, -0.25) is 0 Å². The van der Waals surface area contributed by atoms with Gasteiger partial charge in [-0.05, 0) is 30.5 Å². The van der Waals surface area contributed by atoms with Crippen LogP contribution in [-0.4, -0.2) is 44.9 Å². The molecule has 0 aromatic heterocycles. The molecule has 8 heteroatoms. The molecule has 118 valence electrons. The van der Waals surface area contributed by atoms with Gasteiger partial charge in [-0.1, -0.05) is 6.92 Å². The summed E-state index contributed by atoms with van der Waals surface area (Å²) in [4.78, 5) is 10.8. The first-order chi connectivity index (χ1) is 9.69. The van der Waals surface area contributed by atoms with Gasteiger partial charge in [0.25, 0.3) is 0 Å². The molecule has 1 aromatic carbocycles. The first-order valence-corrected chi connectivity index (χ1v) is 7.73. The molecule has 0 spiro atoms. The minimum Gasteiger partial charge on any atom is -0.507 e. The maximum absolute atomic E-state index is 12.2. The fourth-order valence-electron chi connectivity index (χ4n) is 1.81. The van der Waals surface area contributed by atoms with Gasteiger partial charge in [0.1, 0.15) is 11.3 Å². The number of nitrogens with one attached hydrogen (secondary N) is 1. The van der Waals surface area contributed by atoms with Crippen LogP contribution in [0.15, 0.2) is 17.0 Å². The van der Waals surface area contributed by atoms with Crippen LogP contribution < -0.4 is 4.72 Å². The number of hydrogen-bond acceptors (Lipinski definition) is 5. The summed E-state index contributed by atoms with van der Waals surface area (Å²) in [5, 5.41) is 18.5. The average Bonchev–Trinajstić information content (AvgIpc) is 2.36. The van der Waals surface area contributed by atoms with Gasteiger partial charge < -0.3 is 14.9 Å². The highest BCUT2D eigenvalue weighted by molar-refractivity contribution is 7.89. The first-order valence-electron chi connectivity index (χ1n) is 6.24. The summed E-state index contributed by atoms with van der Waals surface area (Å²) in [5.41, 5.74) is -0.185. The van der Waals surface area contributed by atoms with Gasteiger partial charge in [-0.25, -0.2) is 17.9 Å². The molecular formula is C13H19NO6S. The largest absolute Gasteiger partial charge is 0.507 e. The maximum atomic E-state index is 12.2. The Morgan fingerprint density at radius 2 is 2.05 bits per heavy atom. The minimum atomic E-state index is -3.86. The van der Waals surface area contributed by atoms with Gasteiger partial charge in [-0.2, -0.15) is 0 Å². The molecule has 3 N–H and O–H groups in total. The number of ether oxygens (including phenoxy) is 1. The van der Waals surface area contributed by atoms with Gasteiger partial charge in [0.05, 0.1) is 4.90 Å². The van der Waals surface area contributed by atoms with Crippen LogP contribution in [0.2, 0.25) is 0 Å². The Labute approximate surface area is 123 Å². The third kappa shape index (κ3) is 4.42. The molecule has 0 aliphatic carbocycles. The van der Waals surface area contributed by atoms with Crippen LogP contribution in [0.4, 0.5) is 0 Å². The first kappa shape index (κ1) is 17.4. The molecule has 7 nitrogen and oxygen atoms in total. The van der Waals surface area contributed by atoms with Crippen LogP contribution in [0, 0.1) is 12.8 Å². The second kappa shape index (κ2) is 6.88. The summed E-state index contributed by atoms with van der Waals surface area (Å²) < 4.78 is 31.8. The SMILES string of the molecule is COCC(C)CNS(=O)(=O)c1cc(C(=O)O)c(O)cc1C. The molecule has 0 radical (unpaired) electrons. The van der Waals surface area contributed by atoms with Gasteiger partial charge >= 0.3 is 5.97 Å². The molecule has 0 saturated heterocycles. The Balaban J connectivity index is 3.08. The van der Waals surface area contributed by atoms with E-state index >= 15 is 0 Å². The van der Waals surface area contributed by atoms with Crippen molar-refractivity contribution in [1.29, 1.82) is 0 Å². The normalized spacial score (nSPS) is 13.1. The highest BCUT2D eigenvalue weighted by Crippen LogP contribution is 2.25. The maximum Gasteiger partial charge on any atom is 0.339 e. The lowest BCUT2D eigenvalue weighted by Gasteiger charge is -2.14. The van der Waals surface area contributed by atoms with Crippen LogP contribution in [0.25, 0.3) is 0 Å². The van der Waals surface area contributed by atoms with E-state index in [9.17, 15) is 18.3 Å². The number of aromatic hydroxyl groups is 1. The predicted octanol–water partition coefficient (Wildman–Crippen LogP) is 0.960. The van der Waals surface area contributed by atoms with Crippen molar-refractivity contribution in [2.75, 3.05) is 20.3 Å². The number of carbonyl (C=O) groups is 1. The number of carboxylic acids is 1. The molecule has 21 heavy (non-hydrogen) atoms. The zero-order chi connectivity index (χ0) is 16.2. The van der Waals surface area contributed by atoms with Gasteiger partial charge in [-0.15, -0.1) is 0 Å². The van der Waals surface area contributed by atoms with Crippen molar-refractivity contribution in [2.45, 2.75) is 18.7 Å². The van der Waals surface area contributed by atoms with E-state index in [4.69, 9.17) is 9.84 Å². The van der Waals surface area contributed by atoms with Crippen molar-refractivity contribution >= 4 is 16.0 Å². The quantitative estimate of drug-likeness (QED) is 0.690. The number of sulfonamides is 1. The van der Waals surface area contributed by atoms with E-state index in [0.717, 1.165) is 12.1 Å². The van der Waals surface area contributed by atoms with Crippen LogP contribution in [0.3, 0.4) is 0 Å². The number of carboxylic acid groups (broad SMARTS) is 1. The predicted molar refractivity (Wildman–Crippen MR) is 76.0 cm³/mol. The van der Waals surface area contributed by atoms with Crippen molar-refractivity contribution in [3.05, 3.63) is 23.3 Å². The van der Waals surface area contributed by atoms with E-state index < -0.39 is 27.3 Å². The molecular weight excluding hydrogens is 298 g/mol. The summed E-state index contributed by atoms with van der Waals surface area (Å²) in [6.45, 7) is 3.87. The fourth-order valence-corrected chi connectivity index (χ4v) is 3.22. The lowest BCUT2D eigenvalue weighted by molar-refractivity contribution is 0.0693. The van der Waals surface area contributed by atoms with Crippen molar-refractivity contribution < 1.29 is 28.2 Å². The topological polar surface area (TPSA) is 113 Å². The number of phenols is 1. The van der Waals surface area contributed by atoms with E-state index in [1.165, 1.54) is 14.0 Å². The van der Waals surface area contributed by atoms with E-state index in [1.807, 2.05) is 6.92 Å². The molecule has 0 aliphatic rings. The van der Waals surface area contributed by atoms with E-state index in [0.29, 0.717) is 6.61 Å². The molecule has 0 fully saturated rings. The Hall–Kier alpha value is -1.64. The van der Waals surface area contributed by atoms with Gasteiger partial charge in [0.15, 0.2) is 0 Å². The monoisotopic (exact) mass is 317 g/mol. The summed E-state index contributed by atoms with van der Waals surface area (Å²) in [7, 11) is -2.34. The van der Waals surface area contributed by atoms with Crippen LogP contribution >= 0.6 is 0 Å². The second-order valence-corrected chi connectivity index (χ2v) is 6.59. The molecule has 0 saturated carbocycles. The summed E-state index contributed by atoms with van der Waals surface area (Å²) in [6, 6.07) is 2.08. The molecule has 0 bridgehead atoms. The third-order valence-electron chi connectivity index (χ3n) is 2.89. The highest BCUT2D eigenvalue weighted by atomic mass is 32.2. The Morgan fingerprint density at radius 1 is 1.43 bits per heavy atom. The number of methoxy groups -OCH3 is 1. The fraction of sp³-hybridized carbons (Fsp3) is 0.462. The van der Waals surface area contributed by atoms with E-state index in [-0.39, 0.29) is 22.9 Å². The number of aryl methyl sites for hydroxylation is 1. The summed E-state index contributed by atoms with van der Waals surface area (Å²) >= 11 is 0. The molecule has 0 aliphatic heterocycles. The molecule has 1 rings (SSSR count). The van der Waals surface area contributed by atoms with Crippen LogP contribution in [-0.2, 0) is 14.8 Å². The van der Waals surface area contributed by atoms with Gasteiger partial charge in [0, 0.05) is 20.3 Å². The third-order valence-corrected chi connectivity index (χ3v) is 4.45. The number of aromatic carboxylic acids is 1. The minimum absolute atomic E-state index is 0.0267. The van der Waals surface area contributed by atoms with Crippen molar-refractivity contribution in [1.82, 2.24) is 4.72 Å². The zero-order valence-electron chi connectivity index (χ0n) is 12.1. The number of rotatable bonds is 7. The number of hydrogen-bond donors (Lipinski definition) is 3. The molecule has 0 amide bonds.